The van der Waals surface area contributed by atoms with E-state index in [9.17, 15) is 4.79 Å². The Morgan fingerprint density at radius 2 is 1.79 bits per heavy atom. The van der Waals surface area contributed by atoms with E-state index in [4.69, 9.17) is 10.2 Å². The molecular weight excluding hydrogens is 200 g/mol. The summed E-state index contributed by atoms with van der Waals surface area (Å²) in [5.41, 5.74) is 1.29. The van der Waals surface area contributed by atoms with Crippen molar-refractivity contribution in [2.75, 3.05) is 0 Å². The first-order valence-corrected chi connectivity index (χ1v) is 4.25. The largest absolute Gasteiger partial charge is 0.499 e. The first-order valence-electron chi connectivity index (χ1n) is 3.84. The Morgan fingerprint density at radius 1 is 1.21 bits per heavy atom. The molecule has 0 saturated carbocycles. The quantitative estimate of drug-likeness (QED) is 0.589. The predicted octanol–water partition coefficient (Wildman–Crippen LogP) is 2.02. The summed E-state index contributed by atoms with van der Waals surface area (Å²) in [7, 11) is 0. The number of aliphatic hydroxyl groups is 1. The summed E-state index contributed by atoms with van der Waals surface area (Å²) >= 11 is 4.55. The molecule has 0 unspecified atom stereocenters. The summed E-state index contributed by atoms with van der Waals surface area (Å²) < 4.78 is 0. The number of aliphatic hydroxyl groups excluding tert-OH is 1. The lowest BCUT2D eigenvalue weighted by Gasteiger charge is -1.96. The van der Waals surface area contributed by atoms with E-state index in [0.717, 1.165) is 11.6 Å². The van der Waals surface area contributed by atoms with Crippen LogP contribution in [0.3, 0.4) is 0 Å². The number of rotatable bonds is 3. The minimum atomic E-state index is -0.994. The molecule has 0 bridgehead atoms. The summed E-state index contributed by atoms with van der Waals surface area (Å²) in [4.78, 5) is 10.2. The van der Waals surface area contributed by atoms with E-state index < -0.39 is 5.97 Å². The van der Waals surface area contributed by atoms with Gasteiger partial charge < -0.3 is 10.2 Å². The number of aliphatic carboxylic acids is 1. The first-order chi connectivity index (χ1) is 6.59. The zero-order valence-electron chi connectivity index (χ0n) is 7.18. The van der Waals surface area contributed by atoms with Crippen LogP contribution in [0.1, 0.15) is 11.1 Å². The van der Waals surface area contributed by atoms with Gasteiger partial charge in [-0.2, -0.15) is 0 Å². The fraction of sp³-hybridized carbons (Fsp3) is 0. The third-order valence-corrected chi connectivity index (χ3v) is 1.81. The fourth-order valence-corrected chi connectivity index (χ4v) is 1.04. The van der Waals surface area contributed by atoms with Crippen LogP contribution in [0.2, 0.25) is 0 Å². The van der Waals surface area contributed by atoms with Crippen molar-refractivity contribution >= 4 is 29.3 Å². The molecule has 14 heavy (non-hydrogen) atoms. The topological polar surface area (TPSA) is 57.5 Å². The highest BCUT2D eigenvalue weighted by molar-refractivity contribution is 7.80. The van der Waals surface area contributed by atoms with Gasteiger partial charge in [-0.15, -0.1) is 0 Å². The van der Waals surface area contributed by atoms with E-state index in [0.29, 0.717) is 5.56 Å². The molecule has 0 atom stereocenters. The zero-order valence-corrected chi connectivity index (χ0v) is 7.99. The Labute approximate surface area is 86.3 Å². The summed E-state index contributed by atoms with van der Waals surface area (Å²) in [5.74, 6) is -0.994. The summed E-state index contributed by atoms with van der Waals surface area (Å²) in [5, 5.41) is 17.2. The van der Waals surface area contributed by atoms with Crippen molar-refractivity contribution in [2.24, 2.45) is 0 Å². The van der Waals surface area contributed by atoms with E-state index in [1.807, 2.05) is 0 Å². The molecule has 0 aliphatic heterocycles. The Balaban J connectivity index is 2.83. The molecule has 0 aliphatic rings. The number of carboxylic acids is 1. The van der Waals surface area contributed by atoms with Crippen molar-refractivity contribution in [1.82, 2.24) is 0 Å². The second kappa shape index (κ2) is 4.53. The van der Waals surface area contributed by atoms with Crippen LogP contribution < -0.4 is 0 Å². The van der Waals surface area contributed by atoms with Gasteiger partial charge >= 0.3 is 5.97 Å². The molecule has 2 N–H and O–H groups in total. The van der Waals surface area contributed by atoms with Gasteiger partial charge in [0.05, 0.1) is 0 Å². The van der Waals surface area contributed by atoms with Gasteiger partial charge in [0.2, 0.25) is 0 Å². The fourth-order valence-electron chi connectivity index (χ4n) is 0.904. The van der Waals surface area contributed by atoms with Gasteiger partial charge in [-0.1, -0.05) is 12.1 Å². The summed E-state index contributed by atoms with van der Waals surface area (Å²) in [6, 6.07) is 6.61. The molecule has 0 aromatic heterocycles. The molecule has 3 nitrogen and oxygen atoms in total. The van der Waals surface area contributed by atoms with Crippen molar-refractivity contribution in [3.63, 3.8) is 0 Å². The van der Waals surface area contributed by atoms with Crippen molar-refractivity contribution < 1.29 is 15.0 Å². The van der Waals surface area contributed by atoms with Crippen LogP contribution in [0.25, 0.3) is 6.08 Å². The summed E-state index contributed by atoms with van der Waals surface area (Å²) in [6.45, 7) is 0. The number of thiocarbonyl (C=S) groups is 1. The minimum absolute atomic E-state index is 0.168. The van der Waals surface area contributed by atoms with Crippen molar-refractivity contribution in [1.29, 1.82) is 0 Å². The van der Waals surface area contributed by atoms with Gasteiger partial charge in [-0.05, 0) is 36.0 Å². The molecule has 0 fully saturated rings. The third-order valence-electron chi connectivity index (χ3n) is 1.58. The van der Waals surface area contributed by atoms with Gasteiger partial charge in [-0.25, -0.2) is 4.79 Å². The molecule has 0 spiro atoms. The molecule has 72 valence electrons. The van der Waals surface area contributed by atoms with E-state index in [2.05, 4.69) is 12.2 Å². The van der Waals surface area contributed by atoms with Crippen molar-refractivity contribution in [3.05, 3.63) is 41.5 Å². The summed E-state index contributed by atoms with van der Waals surface area (Å²) in [6.07, 6.45) is 2.51. The molecule has 4 heteroatoms. The Bertz CT molecular complexity index is 379. The van der Waals surface area contributed by atoms with Gasteiger partial charge in [0, 0.05) is 11.6 Å². The Morgan fingerprint density at radius 3 is 2.21 bits per heavy atom. The van der Waals surface area contributed by atoms with Crippen LogP contribution in [0.5, 0.6) is 0 Å². The molecule has 0 radical (unpaired) electrons. The molecule has 1 aromatic rings. The lowest BCUT2D eigenvalue weighted by atomic mass is 10.1. The maximum absolute atomic E-state index is 10.2. The van der Waals surface area contributed by atoms with Crippen LogP contribution in [0.4, 0.5) is 0 Å². The molecule has 0 heterocycles. The highest BCUT2D eigenvalue weighted by Gasteiger charge is 1.96. The number of carboxylic acid groups (broad SMARTS) is 1. The lowest BCUT2D eigenvalue weighted by Crippen LogP contribution is -1.93. The van der Waals surface area contributed by atoms with Gasteiger partial charge in [-0.3, -0.25) is 0 Å². The maximum atomic E-state index is 10.2. The van der Waals surface area contributed by atoms with Crippen LogP contribution in [0.15, 0.2) is 30.3 Å². The molecule has 0 aliphatic carbocycles. The van der Waals surface area contributed by atoms with E-state index in [-0.39, 0.29) is 5.05 Å². The second-order valence-electron chi connectivity index (χ2n) is 2.60. The van der Waals surface area contributed by atoms with E-state index in [1.165, 1.54) is 6.08 Å². The molecule has 1 aromatic carbocycles. The molecular formula is C10H8O3S. The molecule has 0 saturated heterocycles. The zero-order chi connectivity index (χ0) is 10.6. The average molecular weight is 208 g/mol. The third kappa shape index (κ3) is 2.99. The number of benzene rings is 1. The van der Waals surface area contributed by atoms with E-state index in [1.54, 1.807) is 24.3 Å². The number of hydrogen-bond acceptors (Lipinski definition) is 2. The second-order valence-corrected chi connectivity index (χ2v) is 2.99. The maximum Gasteiger partial charge on any atom is 0.328 e. The van der Waals surface area contributed by atoms with Crippen LogP contribution in [-0.2, 0) is 4.79 Å². The van der Waals surface area contributed by atoms with Crippen LogP contribution >= 0.6 is 12.2 Å². The highest BCUT2D eigenvalue weighted by Crippen LogP contribution is 2.06. The Hall–Kier alpha value is -1.68. The van der Waals surface area contributed by atoms with Crippen molar-refractivity contribution in [2.45, 2.75) is 0 Å². The highest BCUT2D eigenvalue weighted by atomic mass is 32.1. The van der Waals surface area contributed by atoms with E-state index >= 15 is 0 Å². The minimum Gasteiger partial charge on any atom is -0.499 e. The number of carbonyl (C=O) groups is 1. The standard InChI is InChI=1S/C10H8O3S/c11-9(12)6-3-7-1-4-8(5-2-7)10(13)14/h1-6H,(H,11,12)(H,13,14). The van der Waals surface area contributed by atoms with Gasteiger partial charge in [0.15, 0.2) is 5.05 Å². The molecule has 0 amide bonds. The van der Waals surface area contributed by atoms with Crippen LogP contribution in [0, 0.1) is 0 Å². The smallest absolute Gasteiger partial charge is 0.328 e. The average Bonchev–Trinajstić information content (AvgIpc) is 2.15. The normalized spacial score (nSPS) is 10.3. The number of hydrogen-bond donors (Lipinski definition) is 2. The van der Waals surface area contributed by atoms with Gasteiger partial charge in [0.25, 0.3) is 0 Å². The monoisotopic (exact) mass is 208 g/mol. The first kappa shape index (κ1) is 10.4. The molecule has 1 rings (SSSR count). The predicted molar refractivity (Wildman–Crippen MR) is 57.4 cm³/mol. The Kier molecular flexibility index (Phi) is 3.36. The SMILES string of the molecule is O=C(O)C=Cc1ccc(C(O)=S)cc1. The van der Waals surface area contributed by atoms with Crippen molar-refractivity contribution in [3.8, 4) is 0 Å². The van der Waals surface area contributed by atoms with Gasteiger partial charge in [0.1, 0.15) is 0 Å². The van der Waals surface area contributed by atoms with Crippen LogP contribution in [-0.4, -0.2) is 21.2 Å². The lowest BCUT2D eigenvalue weighted by molar-refractivity contribution is -0.131.